The summed E-state index contributed by atoms with van der Waals surface area (Å²) in [6.07, 6.45) is 3.46. The zero-order valence-corrected chi connectivity index (χ0v) is 10.4. The van der Waals surface area contributed by atoms with Crippen LogP contribution in [0.25, 0.3) is 0 Å². The third-order valence-corrected chi connectivity index (χ3v) is 2.91. The lowest BCUT2D eigenvalue weighted by Crippen LogP contribution is -2.25. The molecule has 0 bridgehead atoms. The smallest absolute Gasteiger partial charge is 0.349 e. The van der Waals surface area contributed by atoms with Gasteiger partial charge in [-0.05, 0) is 25.9 Å². The first kappa shape index (κ1) is 13.4. The zero-order valence-electron chi connectivity index (χ0n) is 10.4. The van der Waals surface area contributed by atoms with Crippen molar-refractivity contribution in [2.24, 2.45) is 5.84 Å². The van der Waals surface area contributed by atoms with E-state index in [-0.39, 0.29) is 17.5 Å². The van der Waals surface area contributed by atoms with E-state index in [0.29, 0.717) is 6.61 Å². The van der Waals surface area contributed by atoms with Crippen molar-refractivity contribution in [3.63, 3.8) is 0 Å². The van der Waals surface area contributed by atoms with Gasteiger partial charge < -0.3 is 4.74 Å². The van der Waals surface area contributed by atoms with Gasteiger partial charge in [-0.25, -0.2) is 10.8 Å². The van der Waals surface area contributed by atoms with Gasteiger partial charge >= 0.3 is 5.69 Å². The minimum absolute atomic E-state index is 0.0628. The molecular weight excluding hydrogens is 252 g/mol. The van der Waals surface area contributed by atoms with Gasteiger partial charge in [0.1, 0.15) is 12.8 Å². The number of nitro groups is 1. The average molecular weight is 268 g/mol. The van der Waals surface area contributed by atoms with E-state index in [9.17, 15) is 10.1 Å². The number of aromatic nitrogens is 2. The quantitative estimate of drug-likeness (QED) is 0.425. The van der Waals surface area contributed by atoms with E-state index in [0.717, 1.165) is 25.8 Å². The van der Waals surface area contributed by atoms with Crippen LogP contribution in [0.15, 0.2) is 6.20 Å². The van der Waals surface area contributed by atoms with Crippen LogP contribution >= 0.6 is 0 Å². The van der Waals surface area contributed by atoms with E-state index in [1.54, 1.807) is 0 Å². The van der Waals surface area contributed by atoms with Gasteiger partial charge in [0.15, 0.2) is 0 Å². The summed E-state index contributed by atoms with van der Waals surface area (Å²) in [6, 6.07) is 0. The molecule has 0 unspecified atom stereocenters. The van der Waals surface area contributed by atoms with Crippen molar-refractivity contribution in [1.82, 2.24) is 14.9 Å². The molecule has 1 fully saturated rings. The number of nitrogens with one attached hydrogen (secondary N) is 1. The van der Waals surface area contributed by atoms with E-state index in [2.05, 4.69) is 20.3 Å². The fourth-order valence-electron chi connectivity index (χ4n) is 1.94. The number of anilines is 1. The van der Waals surface area contributed by atoms with Gasteiger partial charge in [0, 0.05) is 6.54 Å². The number of likely N-dealkylation sites (tertiary alicyclic amines) is 1. The molecule has 0 aliphatic carbocycles. The number of hydrogen-bond acceptors (Lipinski definition) is 8. The predicted molar refractivity (Wildman–Crippen MR) is 67.7 cm³/mol. The highest BCUT2D eigenvalue weighted by Gasteiger charge is 2.19. The Labute approximate surface area is 109 Å². The molecule has 9 nitrogen and oxygen atoms in total. The van der Waals surface area contributed by atoms with Gasteiger partial charge in [-0.1, -0.05) is 0 Å². The summed E-state index contributed by atoms with van der Waals surface area (Å²) < 4.78 is 5.37. The van der Waals surface area contributed by atoms with Gasteiger partial charge in [-0.3, -0.25) is 20.4 Å². The van der Waals surface area contributed by atoms with Crippen LogP contribution in [-0.4, -0.2) is 46.0 Å². The zero-order chi connectivity index (χ0) is 13.7. The Morgan fingerprint density at radius 1 is 1.53 bits per heavy atom. The fourth-order valence-corrected chi connectivity index (χ4v) is 1.94. The van der Waals surface area contributed by atoms with Crippen LogP contribution in [0.5, 0.6) is 5.88 Å². The maximum Gasteiger partial charge on any atom is 0.349 e. The molecule has 1 saturated heterocycles. The highest BCUT2D eigenvalue weighted by molar-refractivity contribution is 5.42. The summed E-state index contributed by atoms with van der Waals surface area (Å²) in [5.41, 5.74) is 1.97. The van der Waals surface area contributed by atoms with E-state index >= 15 is 0 Å². The van der Waals surface area contributed by atoms with Crippen LogP contribution in [0.3, 0.4) is 0 Å². The second-order valence-electron chi connectivity index (χ2n) is 4.18. The van der Waals surface area contributed by atoms with E-state index < -0.39 is 4.92 Å². The minimum Gasteiger partial charge on any atom is -0.471 e. The number of nitrogens with zero attached hydrogens (tertiary/aromatic N) is 4. The van der Waals surface area contributed by atoms with E-state index in [4.69, 9.17) is 10.6 Å². The molecule has 2 heterocycles. The molecule has 0 aromatic carbocycles. The molecule has 1 aromatic rings. The minimum atomic E-state index is -0.578. The van der Waals surface area contributed by atoms with Crippen molar-refractivity contribution in [3.05, 3.63) is 16.3 Å². The van der Waals surface area contributed by atoms with Gasteiger partial charge in [0.2, 0.25) is 5.95 Å². The lowest BCUT2D eigenvalue weighted by atomic mass is 10.4. The molecule has 0 amide bonds. The van der Waals surface area contributed by atoms with Crippen LogP contribution in [0.1, 0.15) is 12.8 Å². The maximum absolute atomic E-state index is 10.8. The molecule has 3 N–H and O–H groups in total. The van der Waals surface area contributed by atoms with Crippen molar-refractivity contribution in [2.45, 2.75) is 12.8 Å². The standard InChI is InChI=1S/C10H16N6O3/c11-14-10-12-7-8(16(17)18)9(13-10)19-6-5-15-3-1-2-4-15/h7H,1-6,11H2,(H,12,13,14). The molecular formula is C10H16N6O3. The predicted octanol–water partition coefficient (Wildman–Crippen LogP) is 0.145. The lowest BCUT2D eigenvalue weighted by molar-refractivity contribution is -0.386. The number of nitrogen functional groups attached to an aromatic ring is 1. The molecule has 0 spiro atoms. The third-order valence-electron chi connectivity index (χ3n) is 2.91. The maximum atomic E-state index is 10.8. The summed E-state index contributed by atoms with van der Waals surface area (Å²) in [5, 5.41) is 10.8. The summed E-state index contributed by atoms with van der Waals surface area (Å²) in [7, 11) is 0. The lowest BCUT2D eigenvalue weighted by Gasteiger charge is -2.14. The van der Waals surface area contributed by atoms with Crippen LogP contribution < -0.4 is 16.0 Å². The Morgan fingerprint density at radius 3 is 2.89 bits per heavy atom. The first-order valence-corrected chi connectivity index (χ1v) is 6.04. The third kappa shape index (κ3) is 3.48. The average Bonchev–Trinajstić information content (AvgIpc) is 2.91. The topological polar surface area (TPSA) is 119 Å². The number of hydrazine groups is 1. The van der Waals surface area contributed by atoms with Crippen LogP contribution in [0.2, 0.25) is 0 Å². The molecule has 0 atom stereocenters. The Hall–Kier alpha value is -2.00. The number of rotatable bonds is 6. The van der Waals surface area contributed by atoms with Crippen molar-refractivity contribution in [1.29, 1.82) is 0 Å². The Balaban J connectivity index is 1.98. The molecule has 0 saturated carbocycles. The van der Waals surface area contributed by atoms with Crippen molar-refractivity contribution in [2.75, 3.05) is 31.7 Å². The van der Waals surface area contributed by atoms with Gasteiger partial charge in [0.25, 0.3) is 5.88 Å². The largest absolute Gasteiger partial charge is 0.471 e. The molecule has 1 aliphatic heterocycles. The molecule has 1 aromatic heterocycles. The van der Waals surface area contributed by atoms with Crippen molar-refractivity contribution in [3.8, 4) is 5.88 Å². The molecule has 9 heteroatoms. The summed E-state index contributed by atoms with van der Waals surface area (Å²) in [6.45, 7) is 3.17. The summed E-state index contributed by atoms with van der Waals surface area (Å²) >= 11 is 0. The molecule has 19 heavy (non-hydrogen) atoms. The van der Waals surface area contributed by atoms with Crippen molar-refractivity contribution < 1.29 is 9.66 Å². The molecule has 2 rings (SSSR count). The highest BCUT2D eigenvalue weighted by atomic mass is 16.6. The summed E-state index contributed by atoms with van der Waals surface area (Å²) in [5.74, 6) is 5.19. The second-order valence-corrected chi connectivity index (χ2v) is 4.18. The normalized spacial score (nSPS) is 15.4. The van der Waals surface area contributed by atoms with Crippen LogP contribution in [-0.2, 0) is 0 Å². The Bertz CT molecular complexity index is 449. The Morgan fingerprint density at radius 2 is 2.26 bits per heavy atom. The van der Waals surface area contributed by atoms with Crippen molar-refractivity contribution >= 4 is 11.6 Å². The first-order valence-electron chi connectivity index (χ1n) is 6.04. The monoisotopic (exact) mass is 268 g/mol. The Kier molecular flexibility index (Phi) is 4.42. The highest BCUT2D eigenvalue weighted by Crippen LogP contribution is 2.24. The number of ether oxygens (including phenoxy) is 1. The SMILES string of the molecule is NNc1ncc([N+](=O)[O-])c(OCCN2CCCC2)n1. The summed E-state index contributed by atoms with van der Waals surface area (Å²) in [4.78, 5) is 20.0. The van der Waals surface area contributed by atoms with Crippen LogP contribution in [0.4, 0.5) is 11.6 Å². The molecule has 0 radical (unpaired) electrons. The molecule has 1 aliphatic rings. The van der Waals surface area contributed by atoms with Gasteiger partial charge in [0.05, 0.1) is 4.92 Å². The second kappa shape index (κ2) is 6.25. The van der Waals surface area contributed by atoms with Gasteiger partial charge in [-0.2, -0.15) is 4.98 Å². The van der Waals surface area contributed by atoms with Crippen LogP contribution in [0, 0.1) is 10.1 Å². The fraction of sp³-hybridized carbons (Fsp3) is 0.600. The van der Waals surface area contributed by atoms with E-state index in [1.165, 1.54) is 12.8 Å². The number of hydrogen-bond donors (Lipinski definition) is 2. The number of nitrogens with two attached hydrogens (primary N) is 1. The molecule has 104 valence electrons. The van der Waals surface area contributed by atoms with Gasteiger partial charge in [-0.15, -0.1) is 0 Å². The first-order chi connectivity index (χ1) is 9.20. The van der Waals surface area contributed by atoms with E-state index in [1.807, 2.05) is 0 Å².